The lowest BCUT2D eigenvalue weighted by Crippen LogP contribution is -2.33. The number of amides is 1. The number of hydrogen-bond donors (Lipinski definition) is 3. The molecule has 0 saturated carbocycles. The lowest BCUT2D eigenvalue weighted by atomic mass is 10.2. The van der Waals surface area contributed by atoms with E-state index in [-0.39, 0.29) is 12.9 Å². The minimum atomic E-state index is -0.865. The zero-order valence-electron chi connectivity index (χ0n) is 10.2. The third kappa shape index (κ3) is 20.3. The van der Waals surface area contributed by atoms with Crippen molar-refractivity contribution in [3.05, 3.63) is 0 Å². The number of carboxylic acid groups (broad SMARTS) is 2. The Labute approximate surface area is 99.8 Å². The van der Waals surface area contributed by atoms with Crippen LogP contribution in [0.25, 0.3) is 0 Å². The van der Waals surface area contributed by atoms with Gasteiger partial charge in [0.25, 0.3) is 6.47 Å². The van der Waals surface area contributed by atoms with Gasteiger partial charge >= 0.3 is 12.1 Å². The zero-order chi connectivity index (χ0) is 13.9. The number of rotatable bonds is 4. The molecule has 0 atom stereocenters. The molecule has 0 fully saturated rings. The second-order valence-electron chi connectivity index (χ2n) is 4.03. The first-order valence-corrected chi connectivity index (χ1v) is 4.99. The van der Waals surface area contributed by atoms with Gasteiger partial charge in [-0.2, -0.15) is 0 Å². The van der Waals surface area contributed by atoms with Crippen molar-refractivity contribution >= 4 is 18.5 Å². The molecule has 0 spiro atoms. The first-order valence-electron chi connectivity index (χ1n) is 4.99. The molecule has 0 unspecified atom stereocenters. The van der Waals surface area contributed by atoms with Gasteiger partial charge in [-0.25, -0.2) is 4.79 Å². The van der Waals surface area contributed by atoms with Crippen LogP contribution in [0.3, 0.4) is 0 Å². The van der Waals surface area contributed by atoms with Crippen molar-refractivity contribution in [2.45, 2.75) is 39.2 Å². The molecule has 1 amide bonds. The molecule has 0 bridgehead atoms. The smallest absolute Gasteiger partial charge is 0.407 e. The van der Waals surface area contributed by atoms with Crippen molar-refractivity contribution < 1.29 is 29.3 Å². The fourth-order valence-electron chi connectivity index (χ4n) is 0.744. The Balaban J connectivity index is 0. The summed E-state index contributed by atoms with van der Waals surface area (Å²) in [5.41, 5.74) is -0.517. The average molecular weight is 249 g/mol. The normalized spacial score (nSPS) is 9.59. The van der Waals surface area contributed by atoms with Gasteiger partial charge in [0.05, 0.1) is 0 Å². The Morgan fingerprint density at radius 3 is 2.18 bits per heavy atom. The van der Waals surface area contributed by atoms with Crippen LogP contribution in [0, 0.1) is 0 Å². The Bertz CT molecular complexity index is 246. The third-order valence-corrected chi connectivity index (χ3v) is 1.24. The predicted octanol–water partition coefficient (Wildman–Crippen LogP) is 1.08. The molecular formula is C10H19NO6. The van der Waals surface area contributed by atoms with Crippen molar-refractivity contribution in [3.63, 3.8) is 0 Å². The van der Waals surface area contributed by atoms with E-state index < -0.39 is 17.7 Å². The highest BCUT2D eigenvalue weighted by Gasteiger charge is 2.15. The largest absolute Gasteiger partial charge is 0.483 e. The maximum atomic E-state index is 11.0. The van der Waals surface area contributed by atoms with E-state index in [1.54, 1.807) is 20.8 Å². The highest BCUT2D eigenvalue weighted by atomic mass is 16.6. The minimum absolute atomic E-state index is 0.0514. The molecule has 17 heavy (non-hydrogen) atoms. The molecule has 0 aromatic heterocycles. The van der Waals surface area contributed by atoms with E-state index in [4.69, 9.17) is 19.7 Å². The topological polar surface area (TPSA) is 113 Å². The molecule has 0 aromatic rings. The Kier molecular flexibility index (Phi) is 9.77. The van der Waals surface area contributed by atoms with Gasteiger partial charge in [-0.1, -0.05) is 0 Å². The molecule has 0 aliphatic carbocycles. The van der Waals surface area contributed by atoms with Gasteiger partial charge in [-0.3, -0.25) is 9.59 Å². The number of hydrogen-bond acceptors (Lipinski definition) is 4. The van der Waals surface area contributed by atoms with Crippen molar-refractivity contribution in [2.24, 2.45) is 0 Å². The number of carboxylic acids is 1. The van der Waals surface area contributed by atoms with E-state index in [1.165, 1.54) is 0 Å². The summed E-state index contributed by atoms with van der Waals surface area (Å²) >= 11 is 0. The second kappa shape index (κ2) is 9.44. The molecule has 0 aliphatic rings. The summed E-state index contributed by atoms with van der Waals surface area (Å²) in [4.78, 5) is 29.5. The Morgan fingerprint density at radius 2 is 1.82 bits per heavy atom. The van der Waals surface area contributed by atoms with Crippen LogP contribution in [-0.2, 0) is 14.3 Å². The average Bonchev–Trinajstić information content (AvgIpc) is 2.10. The number of aliphatic carboxylic acids is 1. The highest BCUT2D eigenvalue weighted by molar-refractivity contribution is 5.68. The summed E-state index contributed by atoms with van der Waals surface area (Å²) in [7, 11) is 0. The lowest BCUT2D eigenvalue weighted by Gasteiger charge is -2.19. The molecule has 0 aliphatic heterocycles. The molecule has 0 radical (unpaired) electrons. The second-order valence-corrected chi connectivity index (χ2v) is 4.03. The monoisotopic (exact) mass is 249 g/mol. The van der Waals surface area contributed by atoms with Gasteiger partial charge in [0, 0.05) is 13.0 Å². The summed E-state index contributed by atoms with van der Waals surface area (Å²) in [5, 5.41) is 17.7. The third-order valence-electron chi connectivity index (χ3n) is 1.24. The van der Waals surface area contributed by atoms with Crippen LogP contribution in [0.1, 0.15) is 33.6 Å². The number of nitrogens with one attached hydrogen (secondary N) is 1. The maximum absolute atomic E-state index is 11.0. The van der Waals surface area contributed by atoms with Crippen molar-refractivity contribution in [2.75, 3.05) is 6.54 Å². The van der Waals surface area contributed by atoms with Crippen molar-refractivity contribution in [3.8, 4) is 0 Å². The molecule has 0 aromatic carbocycles. The van der Waals surface area contributed by atoms with Crippen LogP contribution >= 0.6 is 0 Å². The van der Waals surface area contributed by atoms with Crippen LogP contribution in [0.2, 0.25) is 0 Å². The van der Waals surface area contributed by atoms with Crippen molar-refractivity contribution in [1.82, 2.24) is 5.32 Å². The zero-order valence-corrected chi connectivity index (χ0v) is 10.2. The fraction of sp³-hybridized carbons (Fsp3) is 0.700. The quantitative estimate of drug-likeness (QED) is 0.507. The molecule has 0 rings (SSSR count). The number of carbonyl (C=O) groups excluding carboxylic acids is 1. The molecule has 3 N–H and O–H groups in total. The van der Waals surface area contributed by atoms with Gasteiger partial charge in [-0.15, -0.1) is 0 Å². The molecule has 7 heteroatoms. The predicted molar refractivity (Wildman–Crippen MR) is 59.8 cm³/mol. The van der Waals surface area contributed by atoms with Gasteiger partial charge in [0.2, 0.25) is 0 Å². The maximum Gasteiger partial charge on any atom is 0.407 e. The van der Waals surface area contributed by atoms with E-state index in [0.717, 1.165) is 0 Å². The van der Waals surface area contributed by atoms with Gasteiger partial charge in [-0.05, 0) is 27.2 Å². The Hall–Kier alpha value is -1.79. The van der Waals surface area contributed by atoms with E-state index in [9.17, 15) is 9.59 Å². The standard InChI is InChI=1S/C9H17NO4.CH2O2/c1-9(2,3)14-8(13)10-6-4-5-7(11)12;2-1-3/h4-6H2,1-3H3,(H,10,13)(H,11,12);1H,(H,2,3). The van der Waals surface area contributed by atoms with Crippen LogP contribution in [-0.4, -0.2) is 40.9 Å². The van der Waals surface area contributed by atoms with E-state index in [2.05, 4.69) is 5.32 Å². The van der Waals surface area contributed by atoms with Gasteiger partial charge < -0.3 is 20.3 Å². The van der Waals surface area contributed by atoms with Crippen LogP contribution in [0.15, 0.2) is 0 Å². The summed E-state index contributed by atoms with van der Waals surface area (Å²) in [6, 6.07) is 0. The number of carbonyl (C=O) groups is 3. The fourth-order valence-corrected chi connectivity index (χ4v) is 0.744. The van der Waals surface area contributed by atoms with E-state index in [0.29, 0.717) is 13.0 Å². The molecule has 0 heterocycles. The summed E-state index contributed by atoms with van der Waals surface area (Å²) in [5.74, 6) is -0.865. The van der Waals surface area contributed by atoms with Crippen molar-refractivity contribution in [1.29, 1.82) is 0 Å². The minimum Gasteiger partial charge on any atom is -0.483 e. The molecule has 0 saturated heterocycles. The summed E-state index contributed by atoms with van der Waals surface area (Å²) < 4.78 is 4.95. The van der Waals surface area contributed by atoms with Gasteiger partial charge in [0.1, 0.15) is 5.60 Å². The number of ether oxygens (including phenoxy) is 1. The Morgan fingerprint density at radius 1 is 1.35 bits per heavy atom. The number of alkyl carbamates (subject to hydrolysis) is 1. The molecular weight excluding hydrogens is 230 g/mol. The summed E-state index contributed by atoms with van der Waals surface area (Å²) in [6.07, 6.45) is -0.0485. The lowest BCUT2D eigenvalue weighted by molar-refractivity contribution is -0.137. The van der Waals surface area contributed by atoms with Gasteiger partial charge in [0.15, 0.2) is 0 Å². The van der Waals surface area contributed by atoms with Crippen LogP contribution < -0.4 is 5.32 Å². The highest BCUT2D eigenvalue weighted by Crippen LogP contribution is 2.06. The summed E-state index contributed by atoms with van der Waals surface area (Å²) in [6.45, 7) is 5.37. The van der Waals surface area contributed by atoms with Crippen LogP contribution in [0.4, 0.5) is 4.79 Å². The van der Waals surface area contributed by atoms with E-state index >= 15 is 0 Å². The van der Waals surface area contributed by atoms with E-state index in [1.807, 2.05) is 0 Å². The molecule has 100 valence electrons. The SMILES string of the molecule is CC(C)(C)OC(=O)NCCCC(=O)O.O=CO. The van der Waals surface area contributed by atoms with Crippen LogP contribution in [0.5, 0.6) is 0 Å². The first-order chi connectivity index (χ1) is 7.72. The molecule has 7 nitrogen and oxygen atoms in total. The first kappa shape index (κ1) is 17.6.